The standard InChI is InChI=1S/C16H19N3OS.2ClH/c17-16(15-2-1-9-21-15)18-14-4-3-12-5-6-19(7-8-20)11-13(12)10-14;;/h1-4,9-10,20H,5-8,11H2,(H2,17,18);2*1H. The second kappa shape index (κ2) is 9.25. The number of β-amino-alcohol motifs (C(OH)–C–C–N with tert-alkyl or cyclic N) is 1. The van der Waals surface area contributed by atoms with Gasteiger partial charge < -0.3 is 10.8 Å². The fourth-order valence-corrected chi connectivity index (χ4v) is 3.25. The van der Waals surface area contributed by atoms with Gasteiger partial charge in [-0.3, -0.25) is 4.90 Å². The third-order valence-corrected chi connectivity index (χ3v) is 4.61. The lowest BCUT2D eigenvalue weighted by molar-refractivity contribution is 0.184. The van der Waals surface area contributed by atoms with Gasteiger partial charge in [-0.1, -0.05) is 12.1 Å². The van der Waals surface area contributed by atoms with Gasteiger partial charge in [-0.15, -0.1) is 36.2 Å². The van der Waals surface area contributed by atoms with Crippen LogP contribution in [0.15, 0.2) is 40.7 Å². The lowest BCUT2D eigenvalue weighted by Gasteiger charge is -2.28. The van der Waals surface area contributed by atoms with Gasteiger partial charge in [0, 0.05) is 19.6 Å². The van der Waals surface area contributed by atoms with Crippen LogP contribution < -0.4 is 5.73 Å². The Morgan fingerprint density at radius 2 is 2.09 bits per heavy atom. The molecule has 0 saturated heterocycles. The molecule has 2 heterocycles. The molecule has 1 aliphatic heterocycles. The summed E-state index contributed by atoms with van der Waals surface area (Å²) in [7, 11) is 0. The van der Waals surface area contributed by atoms with Gasteiger partial charge in [0.25, 0.3) is 0 Å². The number of aliphatic hydroxyl groups excluding tert-OH is 1. The second-order valence-corrected chi connectivity index (χ2v) is 6.12. The molecule has 3 rings (SSSR count). The van der Waals surface area contributed by atoms with Gasteiger partial charge in [0.05, 0.1) is 17.2 Å². The number of aliphatic hydroxyl groups is 1. The molecule has 0 amide bonds. The fourth-order valence-electron chi connectivity index (χ4n) is 2.62. The summed E-state index contributed by atoms with van der Waals surface area (Å²) in [5, 5.41) is 11.1. The first-order valence-electron chi connectivity index (χ1n) is 7.09. The highest BCUT2D eigenvalue weighted by atomic mass is 35.5. The molecule has 1 aliphatic rings. The van der Waals surface area contributed by atoms with E-state index in [1.54, 1.807) is 11.3 Å². The van der Waals surface area contributed by atoms with Crippen LogP contribution in [0.5, 0.6) is 0 Å². The molecule has 0 saturated carbocycles. The molecule has 7 heteroatoms. The van der Waals surface area contributed by atoms with Crippen molar-refractivity contribution in [1.29, 1.82) is 0 Å². The molecular formula is C16H21Cl2N3OS. The molecule has 1 aromatic carbocycles. The van der Waals surface area contributed by atoms with Gasteiger partial charge in [0.15, 0.2) is 0 Å². The molecule has 3 N–H and O–H groups in total. The van der Waals surface area contributed by atoms with Crippen LogP contribution >= 0.6 is 36.2 Å². The number of benzene rings is 1. The minimum absolute atomic E-state index is 0. The van der Waals surface area contributed by atoms with E-state index in [0.29, 0.717) is 5.84 Å². The lowest BCUT2D eigenvalue weighted by Crippen LogP contribution is -2.32. The number of hydrogen-bond acceptors (Lipinski definition) is 4. The van der Waals surface area contributed by atoms with Crippen LogP contribution in [0.25, 0.3) is 0 Å². The van der Waals surface area contributed by atoms with Crippen molar-refractivity contribution < 1.29 is 5.11 Å². The van der Waals surface area contributed by atoms with Crippen LogP contribution in [0.3, 0.4) is 0 Å². The average Bonchev–Trinajstić information content (AvgIpc) is 3.01. The Morgan fingerprint density at radius 3 is 2.78 bits per heavy atom. The van der Waals surface area contributed by atoms with Crippen LogP contribution in [-0.4, -0.2) is 35.5 Å². The van der Waals surface area contributed by atoms with E-state index < -0.39 is 0 Å². The van der Waals surface area contributed by atoms with Crippen LogP contribution in [-0.2, 0) is 13.0 Å². The molecule has 0 fully saturated rings. The lowest BCUT2D eigenvalue weighted by atomic mass is 9.99. The molecule has 2 aromatic rings. The highest BCUT2D eigenvalue weighted by Crippen LogP contribution is 2.24. The monoisotopic (exact) mass is 373 g/mol. The summed E-state index contributed by atoms with van der Waals surface area (Å²) < 4.78 is 0. The molecule has 4 nitrogen and oxygen atoms in total. The molecule has 0 aliphatic carbocycles. The first-order valence-corrected chi connectivity index (χ1v) is 7.97. The van der Waals surface area contributed by atoms with Crippen LogP contribution in [0.4, 0.5) is 5.69 Å². The van der Waals surface area contributed by atoms with Gasteiger partial charge in [0.1, 0.15) is 5.84 Å². The van der Waals surface area contributed by atoms with Crippen molar-refractivity contribution in [2.45, 2.75) is 13.0 Å². The molecule has 1 aromatic heterocycles. The third kappa shape index (κ3) is 4.93. The summed E-state index contributed by atoms with van der Waals surface area (Å²) in [4.78, 5) is 7.77. The normalized spacial score (nSPS) is 14.6. The van der Waals surface area contributed by atoms with Crippen LogP contribution in [0.2, 0.25) is 0 Å². The Labute approximate surface area is 152 Å². The zero-order valence-corrected chi connectivity index (χ0v) is 15.1. The maximum atomic E-state index is 9.07. The fraction of sp³-hybridized carbons (Fsp3) is 0.312. The van der Waals surface area contributed by atoms with Crippen LogP contribution in [0.1, 0.15) is 16.0 Å². The average molecular weight is 374 g/mol. The molecule has 0 unspecified atom stereocenters. The Bertz CT molecular complexity index is 647. The van der Waals surface area contributed by atoms with Crippen molar-refractivity contribution in [3.8, 4) is 0 Å². The SMILES string of the molecule is Cl.Cl.NC(=Nc1ccc2c(c1)CN(CCO)CC2)c1cccs1. The van der Waals surface area contributed by atoms with Crippen molar-refractivity contribution in [3.05, 3.63) is 51.7 Å². The van der Waals surface area contributed by atoms with Crippen molar-refractivity contribution >= 4 is 47.7 Å². The van der Waals surface area contributed by atoms with Gasteiger partial charge >= 0.3 is 0 Å². The third-order valence-electron chi connectivity index (χ3n) is 3.72. The topological polar surface area (TPSA) is 61.8 Å². The zero-order chi connectivity index (χ0) is 14.7. The molecule has 126 valence electrons. The molecular weight excluding hydrogens is 353 g/mol. The maximum Gasteiger partial charge on any atom is 0.141 e. The number of hydrogen-bond donors (Lipinski definition) is 2. The first kappa shape index (κ1) is 19.9. The highest BCUT2D eigenvalue weighted by Gasteiger charge is 2.15. The van der Waals surface area contributed by atoms with E-state index >= 15 is 0 Å². The maximum absolute atomic E-state index is 9.07. The van der Waals surface area contributed by atoms with Crippen molar-refractivity contribution in [2.24, 2.45) is 10.7 Å². The number of rotatable bonds is 4. The number of nitrogens with zero attached hydrogens (tertiary/aromatic N) is 2. The Balaban J connectivity index is 0.00000132. The summed E-state index contributed by atoms with van der Waals surface area (Å²) in [6.07, 6.45) is 1.03. The number of aliphatic imine (C=N–C) groups is 1. The largest absolute Gasteiger partial charge is 0.395 e. The van der Waals surface area contributed by atoms with Gasteiger partial charge in [-0.2, -0.15) is 0 Å². The van der Waals surface area contributed by atoms with Gasteiger partial charge in [-0.25, -0.2) is 4.99 Å². The molecule has 0 spiro atoms. The molecule has 23 heavy (non-hydrogen) atoms. The van der Waals surface area contributed by atoms with E-state index in [2.05, 4.69) is 22.0 Å². The Morgan fingerprint density at radius 1 is 1.26 bits per heavy atom. The van der Waals surface area contributed by atoms with Crippen LogP contribution in [0, 0.1) is 0 Å². The number of nitrogens with two attached hydrogens (primary N) is 1. The van der Waals surface area contributed by atoms with E-state index in [9.17, 15) is 0 Å². The van der Waals surface area contributed by atoms with E-state index in [1.807, 2.05) is 23.6 Å². The molecule has 0 radical (unpaired) electrons. The Hall–Kier alpha value is -1.11. The number of thiophene rings is 1. The summed E-state index contributed by atoms with van der Waals surface area (Å²) in [6, 6.07) is 10.2. The summed E-state index contributed by atoms with van der Waals surface area (Å²) in [5.41, 5.74) is 9.59. The summed E-state index contributed by atoms with van der Waals surface area (Å²) >= 11 is 1.59. The van der Waals surface area contributed by atoms with E-state index in [0.717, 1.165) is 36.6 Å². The number of amidine groups is 1. The minimum atomic E-state index is 0. The van der Waals surface area contributed by atoms with Crippen molar-refractivity contribution in [3.63, 3.8) is 0 Å². The predicted molar refractivity (Wildman–Crippen MR) is 102 cm³/mol. The van der Waals surface area contributed by atoms with Crippen molar-refractivity contribution in [2.75, 3.05) is 19.7 Å². The summed E-state index contributed by atoms with van der Waals surface area (Å²) in [6.45, 7) is 2.81. The van der Waals surface area contributed by atoms with E-state index in [1.165, 1.54) is 11.1 Å². The van der Waals surface area contributed by atoms with Gasteiger partial charge in [0.2, 0.25) is 0 Å². The zero-order valence-electron chi connectivity index (χ0n) is 12.6. The van der Waals surface area contributed by atoms with E-state index in [-0.39, 0.29) is 31.4 Å². The minimum Gasteiger partial charge on any atom is -0.395 e. The number of fused-ring (bicyclic) bond motifs is 1. The molecule has 0 bridgehead atoms. The van der Waals surface area contributed by atoms with Gasteiger partial charge in [-0.05, 0) is 41.1 Å². The highest BCUT2D eigenvalue weighted by molar-refractivity contribution is 7.12. The Kier molecular flexibility index (Phi) is 8.02. The smallest absolute Gasteiger partial charge is 0.141 e. The summed E-state index contributed by atoms with van der Waals surface area (Å²) in [5.74, 6) is 0.563. The number of halogens is 2. The first-order chi connectivity index (χ1) is 10.3. The quantitative estimate of drug-likeness (QED) is 0.639. The van der Waals surface area contributed by atoms with E-state index in [4.69, 9.17) is 10.8 Å². The second-order valence-electron chi connectivity index (χ2n) is 5.18. The van der Waals surface area contributed by atoms with Crippen molar-refractivity contribution in [1.82, 2.24) is 4.90 Å². The predicted octanol–water partition coefficient (Wildman–Crippen LogP) is 2.98. The molecule has 0 atom stereocenters.